The van der Waals surface area contributed by atoms with Crippen molar-refractivity contribution in [3.8, 4) is 0 Å². The summed E-state index contributed by atoms with van der Waals surface area (Å²) >= 11 is 0. The van der Waals surface area contributed by atoms with Crippen molar-refractivity contribution in [2.75, 3.05) is 19.6 Å². The van der Waals surface area contributed by atoms with Gasteiger partial charge in [0.1, 0.15) is 6.10 Å². The summed E-state index contributed by atoms with van der Waals surface area (Å²) in [4.78, 5) is 19.5. The van der Waals surface area contributed by atoms with E-state index in [1.54, 1.807) is 0 Å². The lowest BCUT2D eigenvalue weighted by atomic mass is 10.0. The zero-order valence-corrected chi connectivity index (χ0v) is 34.4. The monoisotopic (exact) mass is 718 g/mol. The Balaban J connectivity index is 2.30. The third-order valence-corrected chi connectivity index (χ3v) is 10.7. The average Bonchev–Trinajstić information content (AvgIpc) is 3.65. The van der Waals surface area contributed by atoms with Crippen LogP contribution in [-0.4, -0.2) is 57.4 Å². The smallest absolute Gasteiger partial charge is 0.306 e. The van der Waals surface area contributed by atoms with Gasteiger partial charge in [-0.2, -0.15) is 0 Å². The Kier molecular flexibility index (Phi) is 34.5. The Morgan fingerprint density at radius 3 is 1.57 bits per heavy atom. The number of unbranched alkanes of at least 4 members (excludes halogenated alkanes) is 23. The van der Waals surface area contributed by atoms with Crippen LogP contribution in [0.1, 0.15) is 226 Å². The number of aliphatic hydroxyl groups excluding tert-OH is 1. The summed E-state index contributed by atoms with van der Waals surface area (Å²) in [6.07, 6.45) is 44.6. The predicted molar refractivity (Wildman–Crippen MR) is 219 cm³/mol. The van der Waals surface area contributed by atoms with Crippen molar-refractivity contribution in [3.63, 3.8) is 0 Å². The molecule has 0 aromatic carbocycles. The molecule has 1 rings (SSSR count). The number of carbonyl (C=O) groups is 1. The van der Waals surface area contributed by atoms with Crippen molar-refractivity contribution in [1.29, 1.82) is 0 Å². The van der Waals surface area contributed by atoms with Gasteiger partial charge in [-0.3, -0.25) is 4.79 Å². The molecule has 0 aliphatic carbocycles. The van der Waals surface area contributed by atoms with Crippen molar-refractivity contribution >= 4 is 5.97 Å². The Morgan fingerprint density at radius 1 is 0.608 bits per heavy atom. The summed E-state index contributed by atoms with van der Waals surface area (Å²) in [6, 6.07) is 0. The summed E-state index contributed by atoms with van der Waals surface area (Å²) in [5.41, 5.74) is 0. The molecule has 0 bridgehead atoms. The van der Waals surface area contributed by atoms with E-state index in [1.165, 1.54) is 141 Å². The molecule has 0 amide bonds. The van der Waals surface area contributed by atoms with Gasteiger partial charge in [-0.1, -0.05) is 168 Å². The minimum atomic E-state index is -0.232. The van der Waals surface area contributed by atoms with Gasteiger partial charge in [0.2, 0.25) is 0 Å². The number of rotatable bonds is 40. The van der Waals surface area contributed by atoms with Gasteiger partial charge in [0, 0.05) is 31.9 Å². The molecule has 0 unspecified atom stereocenters. The number of nitrogens with zero attached hydrogens (tertiary/aromatic N) is 3. The van der Waals surface area contributed by atoms with E-state index in [0.29, 0.717) is 6.42 Å². The van der Waals surface area contributed by atoms with E-state index in [4.69, 9.17) is 4.74 Å². The number of ether oxygens (including phenoxy) is 1. The van der Waals surface area contributed by atoms with Crippen LogP contribution in [-0.2, 0) is 16.1 Å². The molecule has 6 nitrogen and oxygen atoms in total. The molecule has 0 aliphatic heterocycles. The van der Waals surface area contributed by atoms with Gasteiger partial charge in [-0.25, -0.2) is 4.98 Å². The van der Waals surface area contributed by atoms with Crippen LogP contribution in [0.5, 0.6) is 0 Å². The first-order valence-corrected chi connectivity index (χ1v) is 22.6. The van der Waals surface area contributed by atoms with Gasteiger partial charge in [-0.15, -0.1) is 0 Å². The average molecular weight is 718 g/mol. The van der Waals surface area contributed by atoms with E-state index in [9.17, 15) is 9.90 Å². The molecule has 51 heavy (non-hydrogen) atoms. The number of aryl methyl sites for hydroxylation is 1. The molecule has 0 saturated carbocycles. The molecular formula is C45H87N3O3. The van der Waals surface area contributed by atoms with Gasteiger partial charge in [-0.05, 0) is 64.5 Å². The highest BCUT2D eigenvalue weighted by Crippen LogP contribution is 2.19. The maximum atomic E-state index is 12.8. The fourth-order valence-corrected chi connectivity index (χ4v) is 7.39. The lowest BCUT2D eigenvalue weighted by Gasteiger charge is -2.25. The van der Waals surface area contributed by atoms with Gasteiger partial charge in [0.25, 0.3) is 0 Å². The lowest BCUT2D eigenvalue weighted by molar-refractivity contribution is -0.150. The highest BCUT2D eigenvalue weighted by Gasteiger charge is 2.15. The topological polar surface area (TPSA) is 67.6 Å². The standard InChI is InChI=1S/C45H87N3O3/c1-4-7-10-13-16-17-18-19-21-26-32-43(49)41-47(38-31-39-48-40-36-46-42-48)37-30-25-20-24-29-35-45(50)51-44(33-27-22-14-11-8-5-2)34-28-23-15-12-9-6-3/h36,40,42-44,49H,4-35,37-39,41H2,1-3H3/t43-/m1/s1. The Hall–Kier alpha value is -1.40. The molecule has 6 heteroatoms. The van der Waals surface area contributed by atoms with Gasteiger partial charge in [0.05, 0.1) is 12.4 Å². The third-order valence-electron chi connectivity index (χ3n) is 10.7. The molecule has 0 fully saturated rings. The molecule has 300 valence electrons. The van der Waals surface area contributed by atoms with Crippen molar-refractivity contribution < 1.29 is 14.6 Å². The van der Waals surface area contributed by atoms with Crippen LogP contribution in [0.2, 0.25) is 0 Å². The number of hydrogen-bond donors (Lipinski definition) is 1. The second kappa shape index (κ2) is 36.9. The molecule has 1 aromatic rings. The van der Waals surface area contributed by atoms with Crippen LogP contribution < -0.4 is 0 Å². The first kappa shape index (κ1) is 47.6. The van der Waals surface area contributed by atoms with Gasteiger partial charge < -0.3 is 19.3 Å². The first-order chi connectivity index (χ1) is 25.1. The molecule has 0 radical (unpaired) electrons. The van der Waals surface area contributed by atoms with Crippen LogP contribution >= 0.6 is 0 Å². The molecule has 1 N–H and O–H groups in total. The van der Waals surface area contributed by atoms with E-state index in [-0.39, 0.29) is 18.2 Å². The minimum Gasteiger partial charge on any atom is -0.462 e. The van der Waals surface area contributed by atoms with Crippen molar-refractivity contribution in [1.82, 2.24) is 14.5 Å². The minimum absolute atomic E-state index is 0.0254. The molecular weight excluding hydrogens is 631 g/mol. The van der Waals surface area contributed by atoms with Crippen LogP contribution in [0.15, 0.2) is 18.7 Å². The van der Waals surface area contributed by atoms with Crippen LogP contribution in [0.3, 0.4) is 0 Å². The number of carbonyl (C=O) groups excluding carboxylic acids is 1. The van der Waals surface area contributed by atoms with Crippen LogP contribution in [0, 0.1) is 0 Å². The van der Waals surface area contributed by atoms with E-state index in [0.717, 1.165) is 84.0 Å². The SMILES string of the molecule is CCCCCCCCCCCC[C@@H](O)CN(CCCCCCCC(=O)OC(CCCCCCCC)CCCCCCCC)CCCn1ccnc1. The van der Waals surface area contributed by atoms with Gasteiger partial charge in [0.15, 0.2) is 0 Å². The largest absolute Gasteiger partial charge is 0.462 e. The molecule has 1 heterocycles. The number of esters is 1. The normalized spacial score (nSPS) is 12.4. The molecule has 0 aliphatic rings. The van der Waals surface area contributed by atoms with Crippen LogP contribution in [0.4, 0.5) is 0 Å². The number of imidazole rings is 1. The van der Waals surface area contributed by atoms with Gasteiger partial charge >= 0.3 is 5.97 Å². The summed E-state index contributed by atoms with van der Waals surface area (Å²) in [5, 5.41) is 10.9. The third kappa shape index (κ3) is 31.8. The summed E-state index contributed by atoms with van der Waals surface area (Å²) in [7, 11) is 0. The molecule has 0 saturated heterocycles. The Morgan fingerprint density at radius 2 is 1.06 bits per heavy atom. The number of hydrogen-bond acceptors (Lipinski definition) is 5. The zero-order valence-electron chi connectivity index (χ0n) is 34.4. The van der Waals surface area contributed by atoms with E-state index < -0.39 is 0 Å². The number of aliphatic hydroxyl groups is 1. The van der Waals surface area contributed by atoms with Crippen molar-refractivity contribution in [2.24, 2.45) is 0 Å². The second-order valence-corrected chi connectivity index (χ2v) is 15.8. The van der Waals surface area contributed by atoms with Crippen molar-refractivity contribution in [2.45, 2.75) is 245 Å². The Bertz CT molecular complexity index is 817. The maximum Gasteiger partial charge on any atom is 0.306 e. The Labute approximate surface area is 317 Å². The van der Waals surface area contributed by atoms with Crippen molar-refractivity contribution in [3.05, 3.63) is 18.7 Å². The quantitative estimate of drug-likeness (QED) is 0.0541. The maximum absolute atomic E-state index is 12.8. The molecule has 1 aromatic heterocycles. The fraction of sp³-hybridized carbons (Fsp3) is 0.911. The van der Waals surface area contributed by atoms with E-state index in [2.05, 4.69) is 35.2 Å². The fourth-order valence-electron chi connectivity index (χ4n) is 7.39. The summed E-state index contributed by atoms with van der Waals surface area (Å²) in [5.74, 6) is 0.0254. The second-order valence-electron chi connectivity index (χ2n) is 15.8. The van der Waals surface area contributed by atoms with Crippen LogP contribution in [0.25, 0.3) is 0 Å². The zero-order chi connectivity index (χ0) is 36.9. The summed E-state index contributed by atoms with van der Waals surface area (Å²) < 4.78 is 8.21. The summed E-state index contributed by atoms with van der Waals surface area (Å²) in [6.45, 7) is 10.6. The highest BCUT2D eigenvalue weighted by atomic mass is 16.5. The lowest BCUT2D eigenvalue weighted by Crippen LogP contribution is -2.34. The number of aromatic nitrogens is 2. The first-order valence-electron chi connectivity index (χ1n) is 22.6. The highest BCUT2D eigenvalue weighted by molar-refractivity contribution is 5.69. The van der Waals surface area contributed by atoms with E-state index in [1.807, 2.05) is 18.7 Å². The predicted octanol–water partition coefficient (Wildman–Crippen LogP) is 13.0. The van der Waals surface area contributed by atoms with E-state index >= 15 is 0 Å². The molecule has 1 atom stereocenters. The molecule has 0 spiro atoms.